The number of carbonyl (C=O) groups is 1. The van der Waals surface area contributed by atoms with E-state index in [0.29, 0.717) is 10.6 Å². The summed E-state index contributed by atoms with van der Waals surface area (Å²) in [5.41, 5.74) is 2.29. The Labute approximate surface area is 167 Å². The average Bonchev–Trinajstić information content (AvgIpc) is 2.68. The van der Waals surface area contributed by atoms with Gasteiger partial charge in [0.15, 0.2) is 5.82 Å². The fourth-order valence-electron chi connectivity index (χ4n) is 2.31. The maximum atomic E-state index is 12.2. The molecule has 0 aliphatic heterocycles. The highest BCUT2D eigenvalue weighted by Crippen LogP contribution is 2.28. The van der Waals surface area contributed by atoms with Gasteiger partial charge in [0.1, 0.15) is 11.6 Å². The molecule has 3 aromatic rings. The normalized spacial score (nSPS) is 11.6. The average molecular weight is 446 g/mol. The second kappa shape index (κ2) is 8.88. The van der Waals surface area contributed by atoms with E-state index in [0.717, 1.165) is 15.6 Å². The summed E-state index contributed by atoms with van der Waals surface area (Å²) in [6.45, 7) is 0.144. The number of benzene rings is 2. The van der Waals surface area contributed by atoms with E-state index in [2.05, 4.69) is 31.4 Å². The molecule has 8 heteroatoms. The second-order valence-electron chi connectivity index (χ2n) is 5.59. The molecular weight excluding hydrogens is 430 g/mol. The highest BCUT2D eigenvalue weighted by Gasteiger charge is 2.15. The Kier molecular flexibility index (Phi) is 6.31. The molecule has 6 nitrogen and oxygen atoms in total. The van der Waals surface area contributed by atoms with Gasteiger partial charge in [0.25, 0.3) is 0 Å². The molecule has 1 N–H and O–H groups in total. The van der Waals surface area contributed by atoms with E-state index in [1.165, 1.54) is 6.26 Å². The Balaban J connectivity index is 1.82. The number of aromatic nitrogens is 2. The van der Waals surface area contributed by atoms with E-state index in [1.54, 1.807) is 6.07 Å². The molecule has 1 heterocycles. The van der Waals surface area contributed by atoms with Gasteiger partial charge in [0.2, 0.25) is 0 Å². The first kappa shape index (κ1) is 19.2. The van der Waals surface area contributed by atoms with Gasteiger partial charge in [-0.25, -0.2) is 4.79 Å². The summed E-state index contributed by atoms with van der Waals surface area (Å²) >= 11 is 3.39. The topological polar surface area (TPSA) is 81.2 Å². The van der Waals surface area contributed by atoms with Crippen molar-refractivity contribution in [2.24, 2.45) is 0 Å². The fourth-order valence-corrected chi connectivity index (χ4v) is 3.02. The molecule has 1 unspecified atom stereocenters. The Morgan fingerprint density at radius 3 is 2.48 bits per heavy atom. The molecule has 0 saturated heterocycles. The maximum Gasteiger partial charge on any atom is 0.413 e. The van der Waals surface area contributed by atoms with Crippen LogP contribution in [0.15, 0.2) is 70.2 Å². The molecule has 1 amide bonds. The SMILES string of the molecule is CS(=O)c1cc(-c2ccc(Br)cc2)c(NC(=O)OCc2ccccc2)nn1. The van der Waals surface area contributed by atoms with Crippen LogP contribution in [0.4, 0.5) is 10.6 Å². The van der Waals surface area contributed by atoms with Crippen LogP contribution in [0, 0.1) is 0 Å². The summed E-state index contributed by atoms with van der Waals surface area (Å²) in [6.07, 6.45) is 0.883. The lowest BCUT2D eigenvalue weighted by Crippen LogP contribution is -2.16. The summed E-state index contributed by atoms with van der Waals surface area (Å²) in [7, 11) is -1.29. The van der Waals surface area contributed by atoms with E-state index in [9.17, 15) is 9.00 Å². The Bertz CT molecular complexity index is 966. The van der Waals surface area contributed by atoms with Crippen LogP contribution in [0.2, 0.25) is 0 Å². The molecule has 0 fully saturated rings. The van der Waals surface area contributed by atoms with Crippen molar-refractivity contribution in [2.45, 2.75) is 11.6 Å². The number of nitrogens with one attached hydrogen (secondary N) is 1. The van der Waals surface area contributed by atoms with E-state index >= 15 is 0 Å². The first-order valence-corrected chi connectivity index (χ1v) is 10.3. The second-order valence-corrected chi connectivity index (χ2v) is 7.83. The van der Waals surface area contributed by atoms with Crippen LogP contribution in [-0.4, -0.2) is 26.8 Å². The molecule has 0 aliphatic rings. The number of carbonyl (C=O) groups excluding carboxylic acids is 1. The van der Waals surface area contributed by atoms with Crippen LogP contribution < -0.4 is 5.32 Å². The third-order valence-electron chi connectivity index (χ3n) is 3.65. The number of rotatable bonds is 5. The quantitative estimate of drug-likeness (QED) is 0.629. The maximum absolute atomic E-state index is 12.2. The Morgan fingerprint density at radius 2 is 1.81 bits per heavy atom. The van der Waals surface area contributed by atoms with Crippen molar-refractivity contribution < 1.29 is 13.7 Å². The number of ether oxygens (including phenoxy) is 1. The van der Waals surface area contributed by atoms with Gasteiger partial charge in [0, 0.05) is 16.3 Å². The van der Waals surface area contributed by atoms with Gasteiger partial charge in [-0.2, -0.15) is 0 Å². The number of nitrogens with zero attached hydrogens (tertiary/aromatic N) is 2. The molecular formula is C19H16BrN3O3S. The van der Waals surface area contributed by atoms with E-state index in [4.69, 9.17) is 4.74 Å². The lowest BCUT2D eigenvalue weighted by atomic mass is 10.1. The van der Waals surface area contributed by atoms with Crippen LogP contribution in [0.25, 0.3) is 11.1 Å². The van der Waals surface area contributed by atoms with Crippen LogP contribution >= 0.6 is 15.9 Å². The number of amides is 1. The molecule has 2 aromatic carbocycles. The minimum absolute atomic E-state index is 0.144. The minimum atomic E-state index is -1.29. The number of halogens is 1. The largest absolute Gasteiger partial charge is 0.444 e. The fraction of sp³-hybridized carbons (Fsp3) is 0.105. The first-order chi connectivity index (χ1) is 13.0. The van der Waals surface area contributed by atoms with Crippen LogP contribution in [0.5, 0.6) is 0 Å². The predicted molar refractivity (Wildman–Crippen MR) is 108 cm³/mol. The van der Waals surface area contributed by atoms with Gasteiger partial charge in [-0.3, -0.25) is 9.53 Å². The van der Waals surface area contributed by atoms with Gasteiger partial charge in [-0.15, -0.1) is 10.2 Å². The molecule has 1 aromatic heterocycles. The lowest BCUT2D eigenvalue weighted by molar-refractivity contribution is 0.155. The van der Waals surface area contributed by atoms with Crippen LogP contribution in [-0.2, 0) is 22.1 Å². The van der Waals surface area contributed by atoms with E-state index in [-0.39, 0.29) is 12.4 Å². The molecule has 0 aliphatic carbocycles. The van der Waals surface area contributed by atoms with Crippen molar-refractivity contribution in [3.05, 3.63) is 70.7 Å². The monoisotopic (exact) mass is 445 g/mol. The van der Waals surface area contributed by atoms with Gasteiger partial charge < -0.3 is 4.74 Å². The predicted octanol–water partition coefficient (Wildman–Crippen LogP) is 4.39. The third kappa shape index (κ3) is 5.21. The number of anilines is 1. The molecule has 0 spiro atoms. The van der Waals surface area contributed by atoms with Crippen LogP contribution in [0.3, 0.4) is 0 Å². The van der Waals surface area contributed by atoms with E-state index in [1.807, 2.05) is 54.6 Å². The van der Waals surface area contributed by atoms with Crippen molar-refractivity contribution >= 4 is 38.6 Å². The minimum Gasteiger partial charge on any atom is -0.444 e. The number of hydrogen-bond donors (Lipinski definition) is 1. The van der Waals surface area contributed by atoms with Gasteiger partial charge in [0.05, 0.1) is 10.8 Å². The van der Waals surface area contributed by atoms with Crippen molar-refractivity contribution in [1.29, 1.82) is 0 Å². The molecule has 0 saturated carbocycles. The highest BCUT2D eigenvalue weighted by molar-refractivity contribution is 9.10. The van der Waals surface area contributed by atoms with Gasteiger partial charge in [-0.05, 0) is 29.3 Å². The van der Waals surface area contributed by atoms with Gasteiger partial charge >= 0.3 is 6.09 Å². The van der Waals surface area contributed by atoms with Crippen LogP contribution in [0.1, 0.15) is 5.56 Å². The zero-order valence-electron chi connectivity index (χ0n) is 14.4. The molecule has 1 atom stereocenters. The zero-order valence-corrected chi connectivity index (χ0v) is 16.8. The van der Waals surface area contributed by atoms with Crippen molar-refractivity contribution in [3.8, 4) is 11.1 Å². The number of hydrogen-bond acceptors (Lipinski definition) is 5. The molecule has 3 rings (SSSR count). The summed E-state index contributed by atoms with van der Waals surface area (Å²) < 4.78 is 17.9. The first-order valence-electron chi connectivity index (χ1n) is 7.98. The summed E-state index contributed by atoms with van der Waals surface area (Å²) in [6, 6.07) is 18.5. The molecule has 0 bridgehead atoms. The smallest absolute Gasteiger partial charge is 0.413 e. The molecule has 0 radical (unpaired) electrons. The summed E-state index contributed by atoms with van der Waals surface area (Å²) in [5, 5.41) is 10.9. The standard InChI is InChI=1S/C19H16BrN3O3S/c1-27(25)17-11-16(14-7-9-15(20)10-8-14)18(23-22-17)21-19(24)26-12-13-5-3-2-4-6-13/h2-11H,12H2,1H3,(H,21,23,24). The zero-order chi connectivity index (χ0) is 19.2. The summed E-state index contributed by atoms with van der Waals surface area (Å²) in [4.78, 5) is 12.2. The summed E-state index contributed by atoms with van der Waals surface area (Å²) in [5.74, 6) is 0.240. The van der Waals surface area contributed by atoms with Crippen molar-refractivity contribution in [2.75, 3.05) is 11.6 Å². The third-order valence-corrected chi connectivity index (χ3v) is 4.97. The Morgan fingerprint density at radius 1 is 1.11 bits per heavy atom. The van der Waals surface area contributed by atoms with Crippen molar-refractivity contribution in [3.63, 3.8) is 0 Å². The van der Waals surface area contributed by atoms with Crippen molar-refractivity contribution in [1.82, 2.24) is 10.2 Å². The van der Waals surface area contributed by atoms with Gasteiger partial charge in [-0.1, -0.05) is 58.4 Å². The molecule has 138 valence electrons. The molecule has 27 heavy (non-hydrogen) atoms. The Hall–Kier alpha value is -2.58. The highest BCUT2D eigenvalue weighted by atomic mass is 79.9. The van der Waals surface area contributed by atoms with E-state index < -0.39 is 16.9 Å². The lowest BCUT2D eigenvalue weighted by Gasteiger charge is -2.11.